The average molecular weight is 379 g/mol. The molecular weight excluding hydrogens is 358 g/mol. The number of hydrogen-bond donors (Lipinski definition) is 0. The highest BCUT2D eigenvalue weighted by molar-refractivity contribution is 7.98. The van der Waals surface area contributed by atoms with Crippen LogP contribution in [0.1, 0.15) is 5.69 Å². The first-order chi connectivity index (χ1) is 13.2. The maximum absolute atomic E-state index is 4.73. The van der Waals surface area contributed by atoms with Gasteiger partial charge in [0.1, 0.15) is 5.82 Å². The summed E-state index contributed by atoms with van der Waals surface area (Å²) in [4.78, 5) is 27.0. The molecule has 1 fully saturated rings. The molecular formula is C19H21N7S. The number of nitrogens with zero attached hydrogens (tertiary/aromatic N) is 7. The lowest BCUT2D eigenvalue weighted by atomic mass is 10.2. The van der Waals surface area contributed by atoms with E-state index in [4.69, 9.17) is 4.98 Å². The molecule has 0 aromatic carbocycles. The van der Waals surface area contributed by atoms with E-state index in [9.17, 15) is 0 Å². The quantitative estimate of drug-likeness (QED) is 0.506. The highest BCUT2D eigenvalue weighted by Gasteiger charge is 2.21. The summed E-state index contributed by atoms with van der Waals surface area (Å²) in [5, 5.41) is 0.819. The van der Waals surface area contributed by atoms with Crippen molar-refractivity contribution in [1.82, 2.24) is 24.9 Å². The second-order valence-corrected chi connectivity index (χ2v) is 7.09. The lowest BCUT2D eigenvalue weighted by molar-refractivity contribution is 0.630. The van der Waals surface area contributed by atoms with Crippen molar-refractivity contribution >= 4 is 23.5 Å². The first-order valence-electron chi connectivity index (χ1n) is 8.86. The number of aryl methyl sites for hydroxylation is 1. The molecule has 3 aromatic rings. The van der Waals surface area contributed by atoms with Crippen LogP contribution in [0.3, 0.4) is 0 Å². The van der Waals surface area contributed by atoms with Crippen LogP contribution in [0, 0.1) is 6.92 Å². The van der Waals surface area contributed by atoms with Crippen LogP contribution in [0.5, 0.6) is 0 Å². The van der Waals surface area contributed by atoms with Crippen molar-refractivity contribution in [2.45, 2.75) is 12.1 Å². The Morgan fingerprint density at radius 3 is 2.52 bits per heavy atom. The summed E-state index contributed by atoms with van der Waals surface area (Å²) in [5.41, 5.74) is 2.90. The Morgan fingerprint density at radius 1 is 0.963 bits per heavy atom. The maximum Gasteiger partial charge on any atom is 0.225 e. The third kappa shape index (κ3) is 4.00. The minimum Gasteiger partial charge on any atom is -0.353 e. The monoisotopic (exact) mass is 379 g/mol. The average Bonchev–Trinajstić information content (AvgIpc) is 2.74. The van der Waals surface area contributed by atoms with Crippen molar-refractivity contribution in [1.29, 1.82) is 0 Å². The second-order valence-electron chi connectivity index (χ2n) is 6.31. The molecule has 0 unspecified atom stereocenters. The Labute approximate surface area is 162 Å². The van der Waals surface area contributed by atoms with Crippen molar-refractivity contribution in [3.05, 3.63) is 48.5 Å². The molecule has 1 aliphatic rings. The molecule has 0 atom stereocenters. The molecule has 0 saturated carbocycles. The molecule has 3 aromatic heterocycles. The SMILES string of the molecule is CSc1nc(C)cc(N2CCN(c3nccc(-c4cccnc4)n3)CC2)n1. The molecule has 0 N–H and O–H groups in total. The Bertz CT molecular complexity index is 911. The summed E-state index contributed by atoms with van der Waals surface area (Å²) < 4.78 is 0. The van der Waals surface area contributed by atoms with E-state index in [0.717, 1.165) is 60.1 Å². The van der Waals surface area contributed by atoms with Gasteiger partial charge in [0.05, 0.1) is 5.69 Å². The summed E-state index contributed by atoms with van der Waals surface area (Å²) >= 11 is 1.57. The van der Waals surface area contributed by atoms with E-state index in [1.807, 2.05) is 43.8 Å². The fraction of sp³-hybridized carbons (Fsp3) is 0.316. The smallest absolute Gasteiger partial charge is 0.225 e. The van der Waals surface area contributed by atoms with Crippen molar-refractivity contribution in [3.8, 4) is 11.3 Å². The molecule has 1 saturated heterocycles. The number of aromatic nitrogens is 5. The molecule has 0 bridgehead atoms. The fourth-order valence-corrected chi connectivity index (χ4v) is 3.51. The van der Waals surface area contributed by atoms with E-state index in [-0.39, 0.29) is 0 Å². The molecule has 1 aliphatic heterocycles. The van der Waals surface area contributed by atoms with Gasteiger partial charge in [-0.3, -0.25) is 4.98 Å². The Kier molecular flexibility index (Phi) is 5.15. The molecule has 4 heterocycles. The summed E-state index contributed by atoms with van der Waals surface area (Å²) in [7, 11) is 0. The lowest BCUT2D eigenvalue weighted by Gasteiger charge is -2.35. The topological polar surface area (TPSA) is 70.9 Å². The zero-order valence-electron chi connectivity index (χ0n) is 15.4. The predicted molar refractivity (Wildman–Crippen MR) is 108 cm³/mol. The number of hydrogen-bond acceptors (Lipinski definition) is 8. The molecule has 7 nitrogen and oxygen atoms in total. The van der Waals surface area contributed by atoms with E-state index in [1.54, 1.807) is 18.0 Å². The molecule has 8 heteroatoms. The van der Waals surface area contributed by atoms with Crippen molar-refractivity contribution in [3.63, 3.8) is 0 Å². The summed E-state index contributed by atoms with van der Waals surface area (Å²) in [6.45, 7) is 5.48. The lowest BCUT2D eigenvalue weighted by Crippen LogP contribution is -2.47. The third-order valence-electron chi connectivity index (χ3n) is 4.49. The van der Waals surface area contributed by atoms with Crippen LogP contribution in [-0.2, 0) is 0 Å². The minimum absolute atomic E-state index is 0.764. The van der Waals surface area contributed by atoms with Gasteiger partial charge in [-0.1, -0.05) is 11.8 Å². The normalized spacial score (nSPS) is 14.4. The molecule has 27 heavy (non-hydrogen) atoms. The van der Waals surface area contributed by atoms with Gasteiger partial charge < -0.3 is 9.80 Å². The zero-order valence-corrected chi connectivity index (χ0v) is 16.2. The number of rotatable bonds is 4. The Hall–Kier alpha value is -2.74. The van der Waals surface area contributed by atoms with Crippen LogP contribution in [0.15, 0.2) is 48.0 Å². The highest BCUT2D eigenvalue weighted by atomic mass is 32.2. The van der Waals surface area contributed by atoms with E-state index in [1.165, 1.54) is 0 Å². The van der Waals surface area contributed by atoms with Gasteiger partial charge >= 0.3 is 0 Å². The van der Waals surface area contributed by atoms with Gasteiger partial charge in [-0.05, 0) is 31.4 Å². The number of pyridine rings is 1. The second kappa shape index (κ2) is 7.87. The number of piperazine rings is 1. The molecule has 0 spiro atoms. The highest BCUT2D eigenvalue weighted by Crippen LogP contribution is 2.22. The molecule has 0 aliphatic carbocycles. The van der Waals surface area contributed by atoms with Gasteiger partial charge in [0.25, 0.3) is 0 Å². The Morgan fingerprint density at radius 2 is 1.78 bits per heavy atom. The van der Waals surface area contributed by atoms with Gasteiger partial charge in [-0.15, -0.1) is 0 Å². The van der Waals surface area contributed by atoms with E-state index < -0.39 is 0 Å². The molecule has 0 radical (unpaired) electrons. The summed E-state index contributed by atoms with van der Waals surface area (Å²) in [6.07, 6.45) is 7.41. The van der Waals surface area contributed by atoms with E-state index >= 15 is 0 Å². The number of thioether (sulfide) groups is 1. The zero-order chi connectivity index (χ0) is 18.6. The standard InChI is InChI=1S/C19H21N7S/c1-14-12-17(24-19(22-14)27-2)25-8-10-26(11-9-25)18-21-7-5-16(23-18)15-4-3-6-20-13-15/h3-7,12-13H,8-11H2,1-2H3. The number of anilines is 2. The first kappa shape index (κ1) is 17.7. The van der Waals surface area contributed by atoms with Gasteiger partial charge in [0.2, 0.25) is 5.95 Å². The van der Waals surface area contributed by atoms with Gasteiger partial charge in [-0.25, -0.2) is 19.9 Å². The van der Waals surface area contributed by atoms with E-state index in [2.05, 4.69) is 35.8 Å². The van der Waals surface area contributed by atoms with Crippen LogP contribution in [-0.4, -0.2) is 57.4 Å². The Balaban J connectivity index is 1.48. The maximum atomic E-state index is 4.73. The van der Waals surface area contributed by atoms with Gasteiger partial charge in [0.15, 0.2) is 5.16 Å². The molecule has 0 amide bonds. The van der Waals surface area contributed by atoms with E-state index in [0.29, 0.717) is 0 Å². The van der Waals surface area contributed by atoms with Crippen LogP contribution < -0.4 is 9.80 Å². The van der Waals surface area contributed by atoms with Crippen molar-refractivity contribution in [2.75, 3.05) is 42.2 Å². The summed E-state index contributed by atoms with van der Waals surface area (Å²) in [6, 6.07) is 7.90. The first-order valence-corrected chi connectivity index (χ1v) is 10.1. The van der Waals surface area contributed by atoms with Gasteiger partial charge in [0, 0.05) is 62.1 Å². The van der Waals surface area contributed by atoms with Crippen LogP contribution in [0.4, 0.5) is 11.8 Å². The van der Waals surface area contributed by atoms with Crippen LogP contribution in [0.2, 0.25) is 0 Å². The third-order valence-corrected chi connectivity index (χ3v) is 5.04. The minimum atomic E-state index is 0.764. The fourth-order valence-electron chi connectivity index (χ4n) is 3.09. The van der Waals surface area contributed by atoms with Crippen LogP contribution >= 0.6 is 11.8 Å². The van der Waals surface area contributed by atoms with Crippen molar-refractivity contribution in [2.24, 2.45) is 0 Å². The van der Waals surface area contributed by atoms with Crippen LogP contribution in [0.25, 0.3) is 11.3 Å². The van der Waals surface area contributed by atoms with Crippen molar-refractivity contribution < 1.29 is 0 Å². The molecule has 4 rings (SSSR count). The van der Waals surface area contributed by atoms with Gasteiger partial charge in [-0.2, -0.15) is 0 Å². The largest absolute Gasteiger partial charge is 0.353 e. The molecule has 138 valence electrons. The summed E-state index contributed by atoms with van der Waals surface area (Å²) in [5.74, 6) is 1.76. The predicted octanol–water partition coefficient (Wildman–Crippen LogP) is 2.69.